The predicted molar refractivity (Wildman–Crippen MR) is 142 cm³/mol. The number of rotatable bonds is 6. The fraction of sp³-hybridized carbons (Fsp3) is 0.267. The summed E-state index contributed by atoms with van der Waals surface area (Å²) < 4.78 is 5.61. The molecule has 0 unspecified atom stereocenters. The lowest BCUT2D eigenvalue weighted by Gasteiger charge is -2.21. The summed E-state index contributed by atoms with van der Waals surface area (Å²) in [4.78, 5) is 28.8. The zero-order valence-electron chi connectivity index (χ0n) is 21.2. The van der Waals surface area contributed by atoms with Crippen molar-refractivity contribution in [3.05, 3.63) is 94.7 Å². The number of benzene rings is 3. The van der Waals surface area contributed by atoms with Crippen molar-refractivity contribution >= 4 is 28.8 Å². The number of ether oxygens (including phenoxy) is 1. The second-order valence-corrected chi connectivity index (χ2v) is 9.90. The smallest absolute Gasteiger partial charge is 0.282 e. The summed E-state index contributed by atoms with van der Waals surface area (Å²) >= 11 is 0. The number of anilines is 2. The lowest BCUT2D eigenvalue weighted by atomic mass is 9.87. The topological polar surface area (TPSA) is 58.6 Å². The molecule has 0 radical (unpaired) electrons. The van der Waals surface area contributed by atoms with Crippen molar-refractivity contribution in [2.75, 3.05) is 16.8 Å². The van der Waals surface area contributed by atoms with Crippen molar-refractivity contribution in [2.24, 2.45) is 0 Å². The molecule has 5 nitrogen and oxygen atoms in total. The van der Waals surface area contributed by atoms with E-state index < -0.39 is 0 Å². The maximum Gasteiger partial charge on any atom is 0.282 e. The lowest BCUT2D eigenvalue weighted by Crippen LogP contribution is -2.32. The summed E-state index contributed by atoms with van der Waals surface area (Å²) in [6.45, 7) is 12.8. The summed E-state index contributed by atoms with van der Waals surface area (Å²) in [7, 11) is 0. The number of carbonyl (C=O) groups excluding carboxylic acids is 2. The third-order valence-electron chi connectivity index (χ3n) is 6.14. The van der Waals surface area contributed by atoms with Crippen molar-refractivity contribution in [1.82, 2.24) is 0 Å². The van der Waals surface area contributed by atoms with Crippen LogP contribution in [-0.4, -0.2) is 18.4 Å². The summed E-state index contributed by atoms with van der Waals surface area (Å²) in [5, 5.41) is 3.23. The van der Waals surface area contributed by atoms with Crippen LogP contribution >= 0.6 is 0 Å². The van der Waals surface area contributed by atoms with E-state index in [4.69, 9.17) is 4.74 Å². The number of hydrogen-bond acceptors (Lipinski definition) is 4. The standard InChI is InChI=1S/C30H32N2O3/c1-7-35-24-10-8-9-22(18-24)31-27-26(25-16-11-19(2)17-20(25)3)28(33)32(29(27)34)23-14-12-21(13-15-23)30(4,5)6/h8-18,31H,7H2,1-6H3. The van der Waals surface area contributed by atoms with E-state index in [0.717, 1.165) is 22.3 Å². The second-order valence-electron chi connectivity index (χ2n) is 9.90. The average Bonchev–Trinajstić information content (AvgIpc) is 3.03. The summed E-state index contributed by atoms with van der Waals surface area (Å²) in [5.41, 5.74) is 5.74. The van der Waals surface area contributed by atoms with Gasteiger partial charge in [0, 0.05) is 11.8 Å². The molecule has 0 atom stereocenters. The summed E-state index contributed by atoms with van der Waals surface area (Å²) in [6, 6.07) is 20.9. The minimum absolute atomic E-state index is 0.0295. The zero-order chi connectivity index (χ0) is 25.3. The van der Waals surface area contributed by atoms with Gasteiger partial charge < -0.3 is 10.1 Å². The zero-order valence-corrected chi connectivity index (χ0v) is 21.2. The first-order valence-corrected chi connectivity index (χ1v) is 11.9. The SMILES string of the molecule is CCOc1cccc(NC2=C(c3ccc(C)cc3C)C(=O)N(c3ccc(C(C)(C)C)cc3)C2=O)c1. The number of nitrogens with zero attached hydrogens (tertiary/aromatic N) is 1. The van der Waals surface area contributed by atoms with Crippen LogP contribution in [0.1, 0.15) is 49.9 Å². The molecule has 0 spiro atoms. The van der Waals surface area contributed by atoms with Gasteiger partial charge in [-0.1, -0.05) is 62.7 Å². The van der Waals surface area contributed by atoms with Crippen LogP contribution in [0, 0.1) is 13.8 Å². The highest BCUT2D eigenvalue weighted by Crippen LogP contribution is 2.36. The summed E-state index contributed by atoms with van der Waals surface area (Å²) in [6.07, 6.45) is 0. The Labute approximate surface area is 207 Å². The number of nitrogens with one attached hydrogen (secondary N) is 1. The Hall–Kier alpha value is -3.86. The molecule has 3 aromatic carbocycles. The minimum atomic E-state index is -0.379. The Morgan fingerprint density at radius 3 is 2.23 bits per heavy atom. The third kappa shape index (κ3) is 4.85. The van der Waals surface area contributed by atoms with E-state index in [9.17, 15) is 9.59 Å². The van der Waals surface area contributed by atoms with Gasteiger partial charge >= 0.3 is 0 Å². The van der Waals surface area contributed by atoms with Gasteiger partial charge in [0.05, 0.1) is 17.9 Å². The highest BCUT2D eigenvalue weighted by atomic mass is 16.5. The van der Waals surface area contributed by atoms with Gasteiger partial charge in [-0.25, -0.2) is 4.90 Å². The van der Waals surface area contributed by atoms with Gasteiger partial charge in [0.15, 0.2) is 0 Å². The molecule has 0 saturated heterocycles. The van der Waals surface area contributed by atoms with Crippen LogP contribution in [0.4, 0.5) is 11.4 Å². The molecule has 2 amide bonds. The fourth-order valence-corrected chi connectivity index (χ4v) is 4.31. The van der Waals surface area contributed by atoms with Gasteiger partial charge in [-0.2, -0.15) is 0 Å². The molecule has 0 saturated carbocycles. The highest BCUT2D eigenvalue weighted by molar-refractivity contribution is 6.46. The Kier molecular flexibility index (Phi) is 6.53. The van der Waals surface area contributed by atoms with Crippen LogP contribution in [0.15, 0.2) is 72.4 Å². The first-order valence-electron chi connectivity index (χ1n) is 11.9. The molecular formula is C30H32N2O3. The van der Waals surface area contributed by atoms with Crippen LogP contribution in [0.3, 0.4) is 0 Å². The Morgan fingerprint density at radius 1 is 0.886 bits per heavy atom. The molecule has 0 fully saturated rings. The molecule has 1 aliphatic heterocycles. The first-order chi connectivity index (χ1) is 16.6. The van der Waals surface area contributed by atoms with Crippen LogP contribution in [0.2, 0.25) is 0 Å². The quantitative estimate of drug-likeness (QED) is 0.426. The predicted octanol–water partition coefficient (Wildman–Crippen LogP) is 6.40. The van der Waals surface area contributed by atoms with E-state index in [2.05, 4.69) is 26.1 Å². The monoisotopic (exact) mass is 468 g/mol. The van der Waals surface area contributed by atoms with Crippen molar-refractivity contribution in [3.63, 3.8) is 0 Å². The number of carbonyl (C=O) groups is 2. The minimum Gasteiger partial charge on any atom is -0.494 e. The maximum atomic E-state index is 13.8. The molecule has 4 rings (SSSR count). The molecule has 5 heteroatoms. The summed E-state index contributed by atoms with van der Waals surface area (Å²) in [5.74, 6) is -0.0261. The van der Waals surface area contributed by atoms with Crippen molar-refractivity contribution in [2.45, 2.75) is 47.0 Å². The number of imide groups is 1. The number of hydrogen-bond donors (Lipinski definition) is 1. The van der Waals surface area contributed by atoms with Gasteiger partial charge in [-0.15, -0.1) is 0 Å². The maximum absolute atomic E-state index is 13.8. The first kappa shape index (κ1) is 24.3. The molecule has 35 heavy (non-hydrogen) atoms. The van der Waals surface area contributed by atoms with Gasteiger partial charge in [0.25, 0.3) is 11.8 Å². The van der Waals surface area contributed by atoms with Crippen LogP contribution < -0.4 is 15.0 Å². The molecule has 0 bridgehead atoms. The van der Waals surface area contributed by atoms with Gasteiger partial charge in [-0.3, -0.25) is 9.59 Å². The number of amides is 2. The normalized spacial score (nSPS) is 14.1. The van der Waals surface area contributed by atoms with E-state index >= 15 is 0 Å². The van der Waals surface area contributed by atoms with Crippen molar-refractivity contribution in [1.29, 1.82) is 0 Å². The van der Waals surface area contributed by atoms with E-state index in [0.29, 0.717) is 29.3 Å². The molecule has 3 aromatic rings. The molecule has 0 aromatic heterocycles. The van der Waals surface area contributed by atoms with Gasteiger partial charge in [-0.05, 0) is 67.1 Å². The third-order valence-corrected chi connectivity index (χ3v) is 6.14. The Bertz CT molecular complexity index is 1310. The fourth-order valence-electron chi connectivity index (χ4n) is 4.31. The highest BCUT2D eigenvalue weighted by Gasteiger charge is 2.40. The molecule has 0 aliphatic carbocycles. The van der Waals surface area contributed by atoms with Crippen molar-refractivity contribution < 1.29 is 14.3 Å². The van der Waals surface area contributed by atoms with Crippen LogP contribution in [0.5, 0.6) is 5.75 Å². The van der Waals surface area contributed by atoms with Crippen molar-refractivity contribution in [3.8, 4) is 5.75 Å². The lowest BCUT2D eigenvalue weighted by molar-refractivity contribution is -0.120. The van der Waals surface area contributed by atoms with E-state index in [1.165, 1.54) is 4.90 Å². The molecule has 1 aliphatic rings. The molecule has 180 valence electrons. The molecular weight excluding hydrogens is 436 g/mol. The average molecular weight is 469 g/mol. The number of aryl methyl sites for hydroxylation is 2. The van der Waals surface area contributed by atoms with E-state index in [1.807, 2.05) is 87.5 Å². The Morgan fingerprint density at radius 2 is 1.60 bits per heavy atom. The van der Waals surface area contributed by atoms with E-state index in [-0.39, 0.29) is 22.9 Å². The molecule has 1 heterocycles. The van der Waals surface area contributed by atoms with Gasteiger partial charge in [0.2, 0.25) is 0 Å². The van der Waals surface area contributed by atoms with Gasteiger partial charge in [0.1, 0.15) is 11.4 Å². The van der Waals surface area contributed by atoms with Crippen LogP contribution in [0.25, 0.3) is 5.57 Å². The largest absolute Gasteiger partial charge is 0.494 e. The second kappa shape index (κ2) is 9.41. The van der Waals surface area contributed by atoms with E-state index in [1.54, 1.807) is 0 Å². The molecule has 1 N–H and O–H groups in total. The van der Waals surface area contributed by atoms with Crippen LogP contribution in [-0.2, 0) is 15.0 Å². The Balaban J connectivity index is 1.80.